The van der Waals surface area contributed by atoms with Crippen LogP contribution in [0.2, 0.25) is 0 Å². The fourth-order valence-electron chi connectivity index (χ4n) is 25.4. The lowest BCUT2D eigenvalue weighted by Crippen LogP contribution is -2.61. The van der Waals surface area contributed by atoms with Gasteiger partial charge in [-0.3, -0.25) is 0 Å². The van der Waals surface area contributed by atoms with E-state index in [4.69, 9.17) is 17.7 Å². The number of anilines is 6. The minimum atomic E-state index is -0.511. The Hall–Kier alpha value is -16.9. The summed E-state index contributed by atoms with van der Waals surface area (Å²) in [5.74, 6) is 0. The first-order valence-corrected chi connectivity index (χ1v) is 48.8. The van der Waals surface area contributed by atoms with E-state index in [9.17, 15) is 0 Å². The van der Waals surface area contributed by atoms with Crippen LogP contribution in [0.1, 0.15) is 79.0 Å². The van der Waals surface area contributed by atoms with Gasteiger partial charge in [-0.1, -0.05) is 317 Å². The normalized spacial score (nSPS) is 13.5. The van der Waals surface area contributed by atoms with Gasteiger partial charge in [0.25, 0.3) is 6.71 Å². The van der Waals surface area contributed by atoms with Gasteiger partial charge in [0.2, 0.25) is 0 Å². The molecule has 0 saturated heterocycles. The van der Waals surface area contributed by atoms with E-state index in [1.807, 2.05) is 0 Å². The number of rotatable bonds is 8. The minimum Gasteiger partial charge on any atom is -0.455 e. The molecule has 0 aliphatic carbocycles. The molecule has 6 aromatic heterocycles. The van der Waals surface area contributed by atoms with E-state index in [0.717, 1.165) is 233 Å². The topological polar surface area (TPSA) is 68.9 Å². The molecule has 0 atom stereocenters. The summed E-state index contributed by atoms with van der Waals surface area (Å²) in [6, 6.07) is 138. The van der Waals surface area contributed by atoms with E-state index in [1.165, 1.54) is 86.2 Å². The highest BCUT2D eigenvalue weighted by Crippen LogP contribution is 2.61. The highest BCUT2D eigenvalue weighted by Gasteiger charge is 2.48. The second kappa shape index (κ2) is 27.1. The Kier molecular flexibility index (Phi) is 15.1. The Bertz CT molecular complexity index is 9420. The molecule has 0 saturated carbocycles. The SMILES string of the molecule is CC(C)(C)c1cc(-c2cccc3c2oc2ccccc23)c(N2c3cc(-n4c5ccc6cccc7c8cccc9ccc4c(c98)c5c67)ccc3B3c4ccc(-n5c6ccc7cccc8c9cccc%10ccc5c(c%109)c6c78)cc4N(c4c(-c5cccc6c5oc5ccccc56)cc(C(C)(C)C)cc4-c4cccc5c4oc4ccccc45)c4cc(C(C)(C)C)cc2c43)c(-c2cccc3c2oc2ccccc23)c1. The molecule has 0 N–H and O–H groups in total. The largest absolute Gasteiger partial charge is 0.455 e. The molecule has 0 unspecified atom stereocenters. The Balaban J connectivity index is 0.792. The zero-order chi connectivity index (χ0) is 92.1. The third kappa shape index (κ3) is 10.4. The molecule has 2 aliphatic rings. The third-order valence-corrected chi connectivity index (χ3v) is 31.7. The molecule has 0 bridgehead atoms. The molecule has 139 heavy (non-hydrogen) atoms. The first-order valence-electron chi connectivity index (χ1n) is 48.8. The van der Waals surface area contributed by atoms with Gasteiger partial charge in [-0.05, 0) is 223 Å². The summed E-state index contributed by atoms with van der Waals surface area (Å²) in [5.41, 5.74) is 32.9. The molecule has 23 aromatic carbocycles. The minimum absolute atomic E-state index is 0.396. The quantitative estimate of drug-likeness (QED) is 0.0858. The van der Waals surface area contributed by atoms with Gasteiger partial charge in [0, 0.05) is 143 Å². The molecule has 0 fully saturated rings. The molecule has 2 aliphatic heterocycles. The summed E-state index contributed by atoms with van der Waals surface area (Å²) < 4.78 is 35.3. The van der Waals surface area contributed by atoms with Crippen LogP contribution < -0.4 is 26.2 Å². The molecule has 8 heterocycles. The van der Waals surface area contributed by atoms with Gasteiger partial charge >= 0.3 is 0 Å². The van der Waals surface area contributed by atoms with Crippen molar-refractivity contribution >= 4 is 253 Å². The van der Waals surface area contributed by atoms with Crippen molar-refractivity contribution in [2.45, 2.75) is 78.6 Å². The van der Waals surface area contributed by atoms with Crippen LogP contribution in [-0.2, 0) is 16.2 Å². The Morgan fingerprint density at radius 1 is 0.209 bits per heavy atom. The van der Waals surface area contributed by atoms with Crippen LogP contribution in [0, 0.1) is 0 Å². The monoisotopic (exact) mass is 1780 g/mol. The van der Waals surface area contributed by atoms with Crippen molar-refractivity contribution in [1.82, 2.24) is 9.13 Å². The third-order valence-electron chi connectivity index (χ3n) is 31.7. The Morgan fingerprint density at radius 3 is 0.755 bits per heavy atom. The highest BCUT2D eigenvalue weighted by molar-refractivity contribution is 7.00. The summed E-state index contributed by atoms with van der Waals surface area (Å²) in [6.07, 6.45) is 0. The van der Waals surface area contributed by atoms with Gasteiger partial charge in [-0.15, -0.1) is 0 Å². The molecule has 0 radical (unpaired) electrons. The fraction of sp³-hybridized carbons (Fsp3) is 0.0923. The van der Waals surface area contributed by atoms with Crippen LogP contribution in [0.25, 0.3) is 252 Å². The molecular formula is C130H87BN4O4. The van der Waals surface area contributed by atoms with Gasteiger partial charge < -0.3 is 36.6 Å². The molecule has 29 aromatic rings. The van der Waals surface area contributed by atoms with Crippen LogP contribution >= 0.6 is 0 Å². The molecule has 0 amide bonds. The predicted molar refractivity (Wildman–Crippen MR) is 586 cm³/mol. The predicted octanol–water partition coefficient (Wildman–Crippen LogP) is 34.8. The first kappa shape index (κ1) is 77.4. The number of hydrogen-bond donors (Lipinski definition) is 0. The first-order chi connectivity index (χ1) is 67.9. The number of aromatic nitrogens is 2. The fourth-order valence-corrected chi connectivity index (χ4v) is 25.4. The van der Waals surface area contributed by atoms with E-state index in [2.05, 4.69) is 445 Å². The molecule has 654 valence electrons. The maximum absolute atomic E-state index is 7.52. The Labute approximate surface area is 799 Å². The van der Waals surface area contributed by atoms with Gasteiger partial charge in [0.1, 0.15) is 44.7 Å². The van der Waals surface area contributed by atoms with Crippen molar-refractivity contribution in [2.24, 2.45) is 0 Å². The number of para-hydroxylation sites is 8. The van der Waals surface area contributed by atoms with Crippen LogP contribution in [0.5, 0.6) is 0 Å². The van der Waals surface area contributed by atoms with Gasteiger partial charge in [-0.25, -0.2) is 0 Å². The average Bonchev–Trinajstić information content (AvgIpc) is 1.68. The standard InChI is InChI=1S/C130H87BN4O4/c1-128(2,3)74-62-95(91-42-22-38-87-79-30-10-14-46-109(79)136-124(87)91)122(96(63-74)92-43-23-39-88-80-31-11-15-47-110(80)137-125(88)92)134-105-68-77(132-101-58-50-70-26-18-34-83-84-35-19-27-71-51-59-102(132)118(114(71)84)117(101)113(70)83)54-56-99(105)131-100-57-55-78(133-103-60-52-72-28-20-36-85-86-37-21-29-73-53-61-104(133)120(116(73)86)119(103)115(72)85)69-106(100)135(108-67-76(130(7,8)9)66-107(134)121(108)131)123-97(93-44-24-40-89-81-32-12-16-48-111(81)138-126(89)93)64-75(129(4,5)6)65-98(123)94-45-25-41-90-82-33-13-17-49-112(82)139-127(90)94/h10-69H,1-9H3. The highest BCUT2D eigenvalue weighted by atomic mass is 16.3. The van der Waals surface area contributed by atoms with Crippen molar-refractivity contribution < 1.29 is 17.7 Å². The van der Waals surface area contributed by atoms with E-state index < -0.39 is 23.0 Å². The van der Waals surface area contributed by atoms with Crippen molar-refractivity contribution in [2.75, 3.05) is 9.80 Å². The van der Waals surface area contributed by atoms with Crippen LogP contribution in [0.3, 0.4) is 0 Å². The molecular weight excluding hydrogens is 1690 g/mol. The number of furan rings is 4. The summed E-state index contributed by atoms with van der Waals surface area (Å²) in [5, 5.41) is 28.6. The lowest BCUT2D eigenvalue weighted by Gasteiger charge is -2.47. The molecule has 31 rings (SSSR count). The summed E-state index contributed by atoms with van der Waals surface area (Å²) in [7, 11) is 0. The lowest BCUT2D eigenvalue weighted by atomic mass is 9.33. The van der Waals surface area contributed by atoms with Gasteiger partial charge in [0.15, 0.2) is 0 Å². The van der Waals surface area contributed by atoms with Crippen molar-refractivity contribution in [3.05, 3.63) is 381 Å². The number of hydrogen-bond acceptors (Lipinski definition) is 6. The lowest BCUT2D eigenvalue weighted by molar-refractivity contribution is 0.590. The molecule has 0 spiro atoms. The van der Waals surface area contributed by atoms with Crippen LogP contribution in [0.15, 0.2) is 382 Å². The number of fused-ring (bicyclic) bond motifs is 18. The van der Waals surface area contributed by atoms with E-state index in [-0.39, 0.29) is 0 Å². The molecule has 9 heteroatoms. The van der Waals surface area contributed by atoms with E-state index >= 15 is 0 Å². The van der Waals surface area contributed by atoms with Crippen molar-refractivity contribution in [3.8, 4) is 55.9 Å². The van der Waals surface area contributed by atoms with E-state index in [1.54, 1.807) is 0 Å². The second-order valence-corrected chi connectivity index (χ2v) is 42.4. The van der Waals surface area contributed by atoms with Gasteiger partial charge in [0.05, 0.1) is 33.4 Å². The van der Waals surface area contributed by atoms with Crippen LogP contribution in [0.4, 0.5) is 34.1 Å². The van der Waals surface area contributed by atoms with Crippen molar-refractivity contribution in [1.29, 1.82) is 0 Å². The smallest absolute Gasteiger partial charge is 0.252 e. The second-order valence-electron chi connectivity index (χ2n) is 42.4. The summed E-state index contributed by atoms with van der Waals surface area (Å²) in [6.45, 7) is 21.0. The summed E-state index contributed by atoms with van der Waals surface area (Å²) in [4.78, 5) is 5.50. The summed E-state index contributed by atoms with van der Waals surface area (Å²) >= 11 is 0. The van der Waals surface area contributed by atoms with Crippen molar-refractivity contribution in [3.63, 3.8) is 0 Å². The number of benzene rings is 23. The van der Waals surface area contributed by atoms with E-state index in [0.29, 0.717) is 0 Å². The zero-order valence-electron chi connectivity index (χ0n) is 78.1. The maximum Gasteiger partial charge on any atom is 0.252 e. The maximum atomic E-state index is 7.52. The Morgan fingerprint density at radius 2 is 0.468 bits per heavy atom. The van der Waals surface area contributed by atoms with Crippen LogP contribution in [-0.4, -0.2) is 15.8 Å². The molecule has 8 nitrogen and oxygen atoms in total. The van der Waals surface area contributed by atoms with Gasteiger partial charge in [-0.2, -0.15) is 0 Å². The average molecular weight is 1780 g/mol. The zero-order valence-corrected chi connectivity index (χ0v) is 78.1. The number of nitrogens with zero attached hydrogens (tertiary/aromatic N) is 4.